The molecule has 1 heterocycles. The van der Waals surface area contributed by atoms with Gasteiger partial charge in [0.1, 0.15) is 0 Å². The van der Waals surface area contributed by atoms with E-state index in [1.165, 1.54) is 32.5 Å². The third-order valence-corrected chi connectivity index (χ3v) is 4.56. The summed E-state index contributed by atoms with van der Waals surface area (Å²) in [5, 5.41) is 3.62. The van der Waals surface area contributed by atoms with E-state index < -0.39 is 0 Å². The van der Waals surface area contributed by atoms with Crippen LogP contribution >= 0.6 is 0 Å². The van der Waals surface area contributed by atoms with E-state index in [1.54, 1.807) is 14.2 Å². The van der Waals surface area contributed by atoms with Gasteiger partial charge in [0.25, 0.3) is 0 Å². The molecule has 1 aliphatic heterocycles. The van der Waals surface area contributed by atoms with Crippen LogP contribution in [0.3, 0.4) is 0 Å². The Bertz CT molecular complexity index is 442. The first kappa shape index (κ1) is 16.0. The van der Waals surface area contributed by atoms with Crippen molar-refractivity contribution in [3.05, 3.63) is 18.2 Å². The van der Waals surface area contributed by atoms with Crippen molar-refractivity contribution in [3.8, 4) is 11.5 Å². The molecule has 0 aromatic heterocycles. The van der Waals surface area contributed by atoms with Crippen molar-refractivity contribution in [2.24, 2.45) is 5.92 Å². The van der Waals surface area contributed by atoms with E-state index in [-0.39, 0.29) is 0 Å². The van der Waals surface area contributed by atoms with Gasteiger partial charge in [-0.15, -0.1) is 0 Å². The molecule has 118 valence electrons. The molecule has 0 bridgehead atoms. The Morgan fingerprint density at radius 2 is 1.86 bits per heavy atom. The molecule has 2 rings (SSSR count). The fourth-order valence-corrected chi connectivity index (χ4v) is 3.08. The second kappa shape index (κ2) is 7.55. The van der Waals surface area contributed by atoms with E-state index in [0.717, 1.165) is 23.1 Å². The maximum Gasteiger partial charge on any atom is 0.162 e. The van der Waals surface area contributed by atoms with Crippen LogP contribution in [0.15, 0.2) is 18.2 Å². The van der Waals surface area contributed by atoms with Gasteiger partial charge in [-0.05, 0) is 57.5 Å². The summed E-state index contributed by atoms with van der Waals surface area (Å²) in [6, 6.07) is 6.49. The molecular weight excluding hydrogens is 264 g/mol. The lowest BCUT2D eigenvalue weighted by Crippen LogP contribution is -2.39. The predicted octanol–water partition coefficient (Wildman–Crippen LogP) is 3.24. The van der Waals surface area contributed by atoms with Gasteiger partial charge in [-0.3, -0.25) is 0 Å². The van der Waals surface area contributed by atoms with Crippen LogP contribution in [0, 0.1) is 5.92 Å². The number of nitrogens with zero attached hydrogens (tertiary/aromatic N) is 1. The molecule has 1 atom stereocenters. The largest absolute Gasteiger partial charge is 0.493 e. The van der Waals surface area contributed by atoms with Crippen LogP contribution < -0.4 is 14.8 Å². The molecule has 0 saturated carbocycles. The molecule has 0 radical (unpaired) electrons. The average molecular weight is 292 g/mol. The van der Waals surface area contributed by atoms with Crippen molar-refractivity contribution in [1.29, 1.82) is 0 Å². The average Bonchev–Trinajstić information content (AvgIpc) is 2.54. The second-order valence-electron chi connectivity index (χ2n) is 5.77. The number of piperidine rings is 1. The Morgan fingerprint density at radius 1 is 1.19 bits per heavy atom. The Labute approximate surface area is 128 Å². The number of hydrogen-bond donors (Lipinski definition) is 1. The molecular formula is C17H28N2O2. The minimum Gasteiger partial charge on any atom is -0.493 e. The van der Waals surface area contributed by atoms with Crippen molar-refractivity contribution in [3.63, 3.8) is 0 Å². The number of hydrogen-bond acceptors (Lipinski definition) is 4. The molecule has 0 spiro atoms. The van der Waals surface area contributed by atoms with Crippen molar-refractivity contribution in [2.75, 3.05) is 39.2 Å². The lowest BCUT2D eigenvalue weighted by Gasteiger charge is -2.35. The maximum absolute atomic E-state index is 5.36. The number of nitrogens with one attached hydrogen (secondary N) is 1. The SMILES string of the molecule is CCN1CCC(C(C)Nc2ccc(OC)c(OC)c2)CC1. The molecule has 1 aliphatic rings. The Balaban J connectivity index is 1.95. The Morgan fingerprint density at radius 3 is 2.43 bits per heavy atom. The number of methoxy groups -OCH3 is 2. The minimum atomic E-state index is 0.474. The highest BCUT2D eigenvalue weighted by atomic mass is 16.5. The molecule has 1 unspecified atom stereocenters. The van der Waals surface area contributed by atoms with E-state index in [1.807, 2.05) is 12.1 Å². The zero-order valence-electron chi connectivity index (χ0n) is 13.7. The van der Waals surface area contributed by atoms with Crippen molar-refractivity contribution >= 4 is 5.69 Å². The summed E-state index contributed by atoms with van der Waals surface area (Å²) < 4.78 is 10.6. The standard InChI is InChI=1S/C17H28N2O2/c1-5-19-10-8-14(9-11-19)13(2)18-15-6-7-16(20-3)17(12-15)21-4/h6-7,12-14,18H,5,8-11H2,1-4H3. The molecule has 1 saturated heterocycles. The van der Waals surface area contributed by atoms with Gasteiger partial charge in [0, 0.05) is 17.8 Å². The molecule has 1 aromatic carbocycles. The fourth-order valence-electron chi connectivity index (χ4n) is 3.08. The topological polar surface area (TPSA) is 33.7 Å². The summed E-state index contributed by atoms with van der Waals surface area (Å²) in [5.41, 5.74) is 1.10. The van der Waals surface area contributed by atoms with Crippen LogP contribution in [-0.2, 0) is 0 Å². The van der Waals surface area contributed by atoms with E-state index in [9.17, 15) is 0 Å². The molecule has 0 amide bonds. The number of likely N-dealkylation sites (tertiary alicyclic amines) is 1. The van der Waals surface area contributed by atoms with Gasteiger partial charge < -0.3 is 19.7 Å². The van der Waals surface area contributed by atoms with Crippen LogP contribution in [0.25, 0.3) is 0 Å². The number of rotatable bonds is 6. The quantitative estimate of drug-likeness (QED) is 0.873. The van der Waals surface area contributed by atoms with Crippen LogP contribution in [0.5, 0.6) is 11.5 Å². The number of ether oxygens (including phenoxy) is 2. The first-order chi connectivity index (χ1) is 10.2. The van der Waals surface area contributed by atoms with Gasteiger partial charge in [-0.2, -0.15) is 0 Å². The summed E-state index contributed by atoms with van der Waals surface area (Å²) in [5.74, 6) is 2.28. The zero-order valence-corrected chi connectivity index (χ0v) is 13.7. The van der Waals surface area contributed by atoms with Gasteiger partial charge in [0.05, 0.1) is 14.2 Å². The highest BCUT2D eigenvalue weighted by Crippen LogP contribution is 2.31. The van der Waals surface area contributed by atoms with Gasteiger partial charge >= 0.3 is 0 Å². The van der Waals surface area contributed by atoms with Crippen LogP contribution in [0.2, 0.25) is 0 Å². The first-order valence-corrected chi connectivity index (χ1v) is 7.88. The fraction of sp³-hybridized carbons (Fsp3) is 0.647. The van der Waals surface area contributed by atoms with Crippen molar-refractivity contribution in [2.45, 2.75) is 32.7 Å². The van der Waals surface area contributed by atoms with Crippen molar-refractivity contribution in [1.82, 2.24) is 4.90 Å². The number of anilines is 1. The van der Waals surface area contributed by atoms with Crippen LogP contribution in [0.4, 0.5) is 5.69 Å². The van der Waals surface area contributed by atoms with Gasteiger partial charge in [-0.25, -0.2) is 0 Å². The first-order valence-electron chi connectivity index (χ1n) is 7.88. The van der Waals surface area contributed by atoms with E-state index >= 15 is 0 Å². The Kier molecular flexibility index (Phi) is 5.74. The summed E-state index contributed by atoms with van der Waals surface area (Å²) in [6.45, 7) is 8.14. The van der Waals surface area contributed by atoms with Gasteiger partial charge in [0.15, 0.2) is 11.5 Å². The molecule has 1 aromatic rings. The Hall–Kier alpha value is -1.42. The van der Waals surface area contributed by atoms with E-state index in [2.05, 4.69) is 30.1 Å². The summed E-state index contributed by atoms with van der Waals surface area (Å²) >= 11 is 0. The van der Waals surface area contributed by atoms with Crippen LogP contribution in [0.1, 0.15) is 26.7 Å². The van der Waals surface area contributed by atoms with Gasteiger partial charge in [-0.1, -0.05) is 6.92 Å². The number of benzene rings is 1. The monoisotopic (exact) mass is 292 g/mol. The molecule has 0 aliphatic carbocycles. The lowest BCUT2D eigenvalue weighted by molar-refractivity contribution is 0.183. The smallest absolute Gasteiger partial charge is 0.162 e. The zero-order chi connectivity index (χ0) is 15.2. The molecule has 21 heavy (non-hydrogen) atoms. The van der Waals surface area contributed by atoms with Crippen molar-refractivity contribution < 1.29 is 9.47 Å². The molecule has 4 nitrogen and oxygen atoms in total. The normalized spacial score (nSPS) is 18.3. The summed E-state index contributed by atoms with van der Waals surface area (Å²) in [7, 11) is 3.33. The molecule has 1 N–H and O–H groups in total. The van der Waals surface area contributed by atoms with E-state index in [0.29, 0.717) is 6.04 Å². The highest BCUT2D eigenvalue weighted by Gasteiger charge is 2.23. The van der Waals surface area contributed by atoms with Gasteiger partial charge in [0.2, 0.25) is 0 Å². The second-order valence-corrected chi connectivity index (χ2v) is 5.77. The van der Waals surface area contributed by atoms with Crippen LogP contribution in [-0.4, -0.2) is 44.8 Å². The highest BCUT2D eigenvalue weighted by molar-refractivity contribution is 5.55. The maximum atomic E-state index is 5.36. The van der Waals surface area contributed by atoms with E-state index in [4.69, 9.17) is 9.47 Å². The lowest BCUT2D eigenvalue weighted by atomic mass is 9.90. The molecule has 1 fully saturated rings. The molecule has 4 heteroatoms. The summed E-state index contributed by atoms with van der Waals surface area (Å²) in [4.78, 5) is 2.53. The minimum absolute atomic E-state index is 0.474. The predicted molar refractivity (Wildman–Crippen MR) is 87.5 cm³/mol. The summed E-state index contributed by atoms with van der Waals surface area (Å²) in [6.07, 6.45) is 2.55. The third kappa shape index (κ3) is 4.03. The third-order valence-electron chi connectivity index (χ3n) is 4.56.